The van der Waals surface area contributed by atoms with Gasteiger partial charge in [0.25, 0.3) is 11.6 Å². The number of nitrogens with zero attached hydrogens (tertiary/aromatic N) is 4. The Labute approximate surface area is 180 Å². The molecule has 0 aliphatic rings. The van der Waals surface area contributed by atoms with E-state index in [4.69, 9.17) is 4.42 Å². The quantitative estimate of drug-likeness (QED) is 0.354. The number of benzene rings is 1. The number of anilines is 1. The van der Waals surface area contributed by atoms with Crippen molar-refractivity contribution in [1.29, 1.82) is 5.26 Å². The van der Waals surface area contributed by atoms with Crippen LogP contribution in [0.1, 0.15) is 27.2 Å². The maximum absolute atomic E-state index is 12.9. The lowest BCUT2D eigenvalue weighted by Crippen LogP contribution is -2.13. The van der Waals surface area contributed by atoms with Crippen molar-refractivity contribution in [2.75, 3.05) is 5.32 Å². The second-order valence-electron chi connectivity index (χ2n) is 6.67. The average molecular weight is 433 g/mol. The molecular weight excluding hydrogens is 418 g/mol. The van der Waals surface area contributed by atoms with Gasteiger partial charge in [-0.3, -0.25) is 24.8 Å². The first kappa shape index (κ1) is 20.1. The van der Waals surface area contributed by atoms with Gasteiger partial charge in [-0.15, -0.1) is 11.3 Å². The number of nitro groups is 1. The topological polar surface area (TPSA) is 127 Å². The predicted molar refractivity (Wildman–Crippen MR) is 114 cm³/mol. The first-order valence-corrected chi connectivity index (χ1v) is 9.96. The number of aryl methyl sites for hydroxylation is 2. The van der Waals surface area contributed by atoms with Crippen molar-refractivity contribution < 1.29 is 14.1 Å². The molecule has 0 saturated heterocycles. The molecule has 0 saturated carbocycles. The number of thiazole rings is 1. The molecule has 3 aromatic heterocycles. The maximum Gasteiger partial charge on any atom is 0.272 e. The summed E-state index contributed by atoms with van der Waals surface area (Å²) in [5.74, 6) is 0.0534. The lowest BCUT2D eigenvalue weighted by Gasteiger charge is -2.02. The molecule has 31 heavy (non-hydrogen) atoms. The fourth-order valence-electron chi connectivity index (χ4n) is 3.15. The normalized spacial score (nSPS) is 10.6. The Hall–Kier alpha value is -4.23. The maximum atomic E-state index is 12.9. The second-order valence-corrected chi connectivity index (χ2v) is 7.52. The number of furan rings is 1. The Balaban J connectivity index is 1.62. The number of carbonyl (C=O) groups is 1. The van der Waals surface area contributed by atoms with Crippen molar-refractivity contribution in [2.24, 2.45) is 0 Å². The Morgan fingerprint density at radius 2 is 2.06 bits per heavy atom. The van der Waals surface area contributed by atoms with E-state index in [1.807, 2.05) is 6.07 Å². The Morgan fingerprint density at radius 1 is 1.32 bits per heavy atom. The molecular formula is C21H15N5O4S. The van der Waals surface area contributed by atoms with E-state index in [0.717, 1.165) is 0 Å². The first-order valence-electron chi connectivity index (χ1n) is 9.08. The molecule has 0 spiro atoms. The van der Waals surface area contributed by atoms with Gasteiger partial charge in [-0.1, -0.05) is 12.1 Å². The Morgan fingerprint density at radius 3 is 2.74 bits per heavy atom. The van der Waals surface area contributed by atoms with E-state index in [1.54, 1.807) is 60.5 Å². The number of amides is 1. The van der Waals surface area contributed by atoms with Crippen LogP contribution in [0.5, 0.6) is 0 Å². The van der Waals surface area contributed by atoms with Gasteiger partial charge in [0.2, 0.25) is 5.88 Å². The molecule has 1 amide bonds. The highest BCUT2D eigenvalue weighted by Crippen LogP contribution is 2.31. The van der Waals surface area contributed by atoms with Gasteiger partial charge in [0.1, 0.15) is 23.0 Å². The molecule has 0 unspecified atom stereocenters. The lowest BCUT2D eigenvalue weighted by atomic mass is 10.1. The van der Waals surface area contributed by atoms with Gasteiger partial charge >= 0.3 is 0 Å². The zero-order valence-electron chi connectivity index (χ0n) is 16.4. The molecule has 0 fully saturated rings. The number of aromatic nitrogens is 2. The molecule has 1 aromatic carbocycles. The van der Waals surface area contributed by atoms with Gasteiger partial charge in [-0.2, -0.15) is 5.26 Å². The molecule has 4 aromatic rings. The van der Waals surface area contributed by atoms with Crippen LogP contribution in [0.4, 0.5) is 10.8 Å². The van der Waals surface area contributed by atoms with Crippen LogP contribution < -0.4 is 5.32 Å². The van der Waals surface area contributed by atoms with Crippen molar-refractivity contribution in [2.45, 2.75) is 13.8 Å². The van der Waals surface area contributed by atoms with E-state index in [1.165, 1.54) is 17.4 Å². The molecule has 4 rings (SSSR count). The van der Waals surface area contributed by atoms with Crippen LogP contribution in [0.3, 0.4) is 0 Å². The number of carbonyl (C=O) groups excluding carboxylic acids is 1. The molecule has 0 atom stereocenters. The van der Waals surface area contributed by atoms with E-state index < -0.39 is 10.8 Å². The highest BCUT2D eigenvalue weighted by molar-refractivity contribution is 7.14. The van der Waals surface area contributed by atoms with E-state index in [9.17, 15) is 20.2 Å². The third kappa shape index (κ3) is 3.70. The summed E-state index contributed by atoms with van der Waals surface area (Å²) in [5, 5.41) is 25.5. The minimum absolute atomic E-state index is 0.00121. The molecule has 0 bridgehead atoms. The third-order valence-corrected chi connectivity index (χ3v) is 5.43. The van der Waals surface area contributed by atoms with Gasteiger partial charge in [0.15, 0.2) is 5.13 Å². The Kier molecular flexibility index (Phi) is 5.10. The predicted octanol–water partition coefficient (Wildman–Crippen LogP) is 4.84. The van der Waals surface area contributed by atoms with Crippen molar-refractivity contribution in [3.63, 3.8) is 0 Å². The fourth-order valence-corrected chi connectivity index (χ4v) is 3.86. The number of nitrogens with one attached hydrogen (secondary N) is 1. The van der Waals surface area contributed by atoms with Gasteiger partial charge in [-0.05, 0) is 26.0 Å². The SMILES string of the molecule is Cc1ccc(-c2csc(NC(=O)c3c(C)oc(-n4cccc4)c3C#N)n2)cc1[N+](=O)[O-]. The molecule has 0 aliphatic heterocycles. The number of hydrogen-bond donors (Lipinski definition) is 1. The summed E-state index contributed by atoms with van der Waals surface area (Å²) in [6, 6.07) is 10.4. The minimum Gasteiger partial charge on any atom is -0.443 e. The summed E-state index contributed by atoms with van der Waals surface area (Å²) in [7, 11) is 0. The summed E-state index contributed by atoms with van der Waals surface area (Å²) in [6.45, 7) is 3.28. The summed E-state index contributed by atoms with van der Waals surface area (Å²) in [6.07, 6.45) is 3.43. The lowest BCUT2D eigenvalue weighted by molar-refractivity contribution is -0.385. The van der Waals surface area contributed by atoms with E-state index >= 15 is 0 Å². The summed E-state index contributed by atoms with van der Waals surface area (Å²) in [5.41, 5.74) is 1.88. The van der Waals surface area contributed by atoms with Crippen molar-refractivity contribution >= 4 is 28.1 Å². The van der Waals surface area contributed by atoms with Crippen LogP contribution in [0.25, 0.3) is 17.1 Å². The van der Waals surface area contributed by atoms with E-state index in [2.05, 4.69) is 10.3 Å². The summed E-state index contributed by atoms with van der Waals surface area (Å²) >= 11 is 1.18. The zero-order valence-corrected chi connectivity index (χ0v) is 17.3. The van der Waals surface area contributed by atoms with Gasteiger partial charge in [-0.25, -0.2) is 4.98 Å². The van der Waals surface area contributed by atoms with Crippen molar-refractivity contribution in [3.8, 4) is 23.2 Å². The molecule has 1 N–H and O–H groups in total. The molecule has 154 valence electrons. The minimum atomic E-state index is -0.521. The van der Waals surface area contributed by atoms with E-state index in [-0.39, 0.29) is 22.7 Å². The van der Waals surface area contributed by atoms with E-state index in [0.29, 0.717) is 27.7 Å². The van der Waals surface area contributed by atoms with Crippen LogP contribution in [-0.2, 0) is 0 Å². The highest BCUT2D eigenvalue weighted by atomic mass is 32.1. The second kappa shape index (κ2) is 7.89. The van der Waals surface area contributed by atoms with Crippen molar-refractivity contribution in [1.82, 2.24) is 9.55 Å². The number of nitro benzene ring substituents is 1. The molecule has 10 heteroatoms. The number of hydrogen-bond acceptors (Lipinski definition) is 7. The van der Waals surface area contributed by atoms with Crippen LogP contribution in [0.15, 0.2) is 52.5 Å². The van der Waals surface area contributed by atoms with Crippen molar-refractivity contribution in [3.05, 3.63) is 80.7 Å². The smallest absolute Gasteiger partial charge is 0.272 e. The number of rotatable bonds is 5. The highest BCUT2D eigenvalue weighted by Gasteiger charge is 2.25. The monoisotopic (exact) mass is 433 g/mol. The summed E-state index contributed by atoms with van der Waals surface area (Å²) in [4.78, 5) is 28.0. The molecule has 3 heterocycles. The Bertz CT molecular complexity index is 1340. The van der Waals surface area contributed by atoms with Crippen LogP contribution in [-0.4, -0.2) is 20.4 Å². The van der Waals surface area contributed by atoms with Gasteiger partial charge in [0, 0.05) is 35.0 Å². The largest absolute Gasteiger partial charge is 0.443 e. The van der Waals surface area contributed by atoms with Crippen LogP contribution in [0.2, 0.25) is 0 Å². The molecule has 0 radical (unpaired) electrons. The third-order valence-electron chi connectivity index (χ3n) is 4.67. The summed E-state index contributed by atoms with van der Waals surface area (Å²) < 4.78 is 7.28. The zero-order chi connectivity index (χ0) is 22.1. The van der Waals surface area contributed by atoms with Crippen LogP contribution in [0, 0.1) is 35.3 Å². The number of nitriles is 1. The fraction of sp³-hybridized carbons (Fsp3) is 0.0952. The van der Waals surface area contributed by atoms with Crippen LogP contribution >= 0.6 is 11.3 Å². The molecule has 0 aliphatic carbocycles. The first-order chi connectivity index (χ1) is 14.9. The average Bonchev–Trinajstić information content (AvgIpc) is 3.47. The molecule has 9 nitrogen and oxygen atoms in total. The van der Waals surface area contributed by atoms with Gasteiger partial charge in [0.05, 0.1) is 10.6 Å². The van der Waals surface area contributed by atoms with Gasteiger partial charge < -0.3 is 4.42 Å². The standard InChI is InChI=1S/C21H15N5O4S/c1-12-5-6-14(9-17(12)26(28)29)16-11-31-21(23-16)24-19(27)18-13(2)30-20(15(18)10-22)25-7-3-4-8-25/h3-9,11H,1-2H3,(H,23,24,27).